The minimum atomic E-state index is 0.774. The highest BCUT2D eigenvalue weighted by Crippen LogP contribution is 2.24. The van der Waals surface area contributed by atoms with Crippen LogP contribution in [0.4, 0.5) is 11.4 Å². The second-order valence-corrected chi connectivity index (χ2v) is 2.88. The van der Waals surface area contributed by atoms with Crippen molar-refractivity contribution in [1.29, 1.82) is 0 Å². The number of hydrogen-bond donors (Lipinski definition) is 1. The molecule has 0 saturated carbocycles. The molecule has 2 N–H and O–H groups in total. The quantitative estimate of drug-likeness (QED) is 0.674. The molecule has 0 aliphatic carbocycles. The monoisotopic (exact) mass is 162 g/mol. The molecule has 2 heteroatoms. The van der Waals surface area contributed by atoms with E-state index in [0.717, 1.165) is 16.9 Å². The van der Waals surface area contributed by atoms with Crippen LogP contribution in [0.3, 0.4) is 0 Å². The van der Waals surface area contributed by atoms with E-state index in [1.807, 2.05) is 37.2 Å². The Balaban J connectivity index is 3.27. The van der Waals surface area contributed by atoms with Gasteiger partial charge in [0, 0.05) is 31.0 Å². The van der Waals surface area contributed by atoms with Crippen LogP contribution >= 0.6 is 0 Å². The fourth-order valence-electron chi connectivity index (χ4n) is 1.18. The summed E-state index contributed by atoms with van der Waals surface area (Å²) in [6, 6.07) is 5.84. The molecule has 0 amide bonds. The van der Waals surface area contributed by atoms with Crippen LogP contribution in [-0.2, 0) is 0 Å². The molecular weight excluding hydrogens is 148 g/mol. The van der Waals surface area contributed by atoms with Gasteiger partial charge in [0.05, 0.1) is 0 Å². The number of benzene rings is 1. The van der Waals surface area contributed by atoms with Gasteiger partial charge in [-0.15, -0.1) is 0 Å². The first-order valence-corrected chi connectivity index (χ1v) is 3.85. The number of hydrogen-bond acceptors (Lipinski definition) is 2. The molecule has 0 aromatic heterocycles. The molecule has 0 radical (unpaired) electrons. The van der Waals surface area contributed by atoms with Gasteiger partial charge in [-0.1, -0.05) is 18.7 Å². The maximum absolute atomic E-state index is 5.77. The largest absolute Gasteiger partial charge is 0.398 e. The molecule has 0 aliphatic rings. The Morgan fingerprint density at radius 2 is 2.08 bits per heavy atom. The normalized spacial score (nSPS) is 9.50. The van der Waals surface area contributed by atoms with Gasteiger partial charge in [0.25, 0.3) is 0 Å². The molecule has 1 rings (SSSR count). The van der Waals surface area contributed by atoms with E-state index >= 15 is 0 Å². The summed E-state index contributed by atoms with van der Waals surface area (Å²) in [5, 5.41) is 0. The third kappa shape index (κ3) is 1.42. The van der Waals surface area contributed by atoms with Crippen molar-refractivity contribution < 1.29 is 0 Å². The lowest BCUT2D eigenvalue weighted by Crippen LogP contribution is -2.10. The second-order valence-electron chi connectivity index (χ2n) is 2.88. The number of anilines is 2. The average Bonchev–Trinajstić information content (AvgIpc) is 2.03. The lowest BCUT2D eigenvalue weighted by atomic mass is 10.1. The van der Waals surface area contributed by atoms with Crippen LogP contribution in [0.2, 0.25) is 0 Å². The molecule has 0 aliphatic heterocycles. The van der Waals surface area contributed by atoms with Gasteiger partial charge in [0.1, 0.15) is 0 Å². The van der Waals surface area contributed by atoms with E-state index in [2.05, 4.69) is 6.58 Å². The van der Waals surface area contributed by atoms with Crippen LogP contribution in [0.1, 0.15) is 5.56 Å². The third-order valence-electron chi connectivity index (χ3n) is 1.80. The molecular formula is C10H14N2. The first-order chi connectivity index (χ1) is 5.66. The lowest BCUT2D eigenvalue weighted by molar-refractivity contribution is 1.13. The van der Waals surface area contributed by atoms with Crippen molar-refractivity contribution in [3.05, 3.63) is 30.3 Å². The van der Waals surface area contributed by atoms with Gasteiger partial charge in [-0.25, -0.2) is 0 Å². The number of nitrogens with zero attached hydrogens (tertiary/aromatic N) is 1. The fraction of sp³-hybridized carbons (Fsp3) is 0.200. The van der Waals surface area contributed by atoms with Crippen molar-refractivity contribution >= 4 is 17.5 Å². The molecule has 1 aromatic rings. The predicted molar refractivity (Wildman–Crippen MR) is 55.3 cm³/mol. The Labute approximate surface area is 73.3 Å². The van der Waals surface area contributed by atoms with E-state index in [4.69, 9.17) is 5.73 Å². The number of rotatable bonds is 2. The highest BCUT2D eigenvalue weighted by Gasteiger charge is 2.02. The highest BCUT2D eigenvalue weighted by molar-refractivity contribution is 5.76. The van der Waals surface area contributed by atoms with Crippen molar-refractivity contribution in [2.45, 2.75) is 0 Å². The van der Waals surface area contributed by atoms with Gasteiger partial charge in [0.15, 0.2) is 0 Å². The van der Waals surface area contributed by atoms with Crippen molar-refractivity contribution in [2.75, 3.05) is 24.7 Å². The van der Waals surface area contributed by atoms with Crippen LogP contribution < -0.4 is 10.6 Å². The molecule has 0 bridgehead atoms. The molecule has 0 heterocycles. The van der Waals surface area contributed by atoms with Gasteiger partial charge in [-0.05, 0) is 12.1 Å². The average molecular weight is 162 g/mol. The molecule has 1 aromatic carbocycles. The molecule has 2 nitrogen and oxygen atoms in total. The zero-order valence-corrected chi connectivity index (χ0v) is 7.54. The summed E-state index contributed by atoms with van der Waals surface area (Å²) < 4.78 is 0. The first-order valence-electron chi connectivity index (χ1n) is 3.85. The predicted octanol–water partition coefficient (Wildman–Crippen LogP) is 1.98. The standard InChI is InChI=1S/C10H14N2/c1-4-8-9(11)6-5-7-10(8)12(2)3/h4-7H,1,11H2,2-3H3. The Morgan fingerprint density at radius 3 is 2.50 bits per heavy atom. The number of nitrogen functional groups attached to an aromatic ring is 1. The van der Waals surface area contributed by atoms with E-state index < -0.39 is 0 Å². The Bertz CT molecular complexity index is 290. The van der Waals surface area contributed by atoms with E-state index in [-0.39, 0.29) is 0 Å². The van der Waals surface area contributed by atoms with Crippen molar-refractivity contribution in [1.82, 2.24) is 0 Å². The second kappa shape index (κ2) is 3.30. The van der Waals surface area contributed by atoms with Gasteiger partial charge in [-0.3, -0.25) is 0 Å². The van der Waals surface area contributed by atoms with E-state index in [9.17, 15) is 0 Å². The molecule has 12 heavy (non-hydrogen) atoms. The smallest absolute Gasteiger partial charge is 0.0455 e. The molecule has 0 atom stereocenters. The minimum absolute atomic E-state index is 0.774. The highest BCUT2D eigenvalue weighted by atomic mass is 15.1. The maximum atomic E-state index is 5.77. The summed E-state index contributed by atoms with van der Waals surface area (Å²) in [6.07, 6.45) is 1.78. The van der Waals surface area contributed by atoms with Crippen LogP contribution in [0.25, 0.3) is 6.08 Å². The van der Waals surface area contributed by atoms with Crippen molar-refractivity contribution in [3.8, 4) is 0 Å². The maximum Gasteiger partial charge on any atom is 0.0455 e. The molecule has 64 valence electrons. The summed E-state index contributed by atoms with van der Waals surface area (Å²) in [5.41, 5.74) is 8.65. The van der Waals surface area contributed by atoms with Crippen LogP contribution in [0.15, 0.2) is 24.8 Å². The summed E-state index contributed by atoms with van der Waals surface area (Å²) in [5.74, 6) is 0. The van der Waals surface area contributed by atoms with Crippen LogP contribution in [0, 0.1) is 0 Å². The number of nitrogens with two attached hydrogens (primary N) is 1. The lowest BCUT2D eigenvalue weighted by Gasteiger charge is -2.16. The Kier molecular flexibility index (Phi) is 2.38. The van der Waals surface area contributed by atoms with Gasteiger partial charge >= 0.3 is 0 Å². The SMILES string of the molecule is C=Cc1c(N)cccc1N(C)C. The van der Waals surface area contributed by atoms with Crippen molar-refractivity contribution in [2.24, 2.45) is 0 Å². The third-order valence-corrected chi connectivity index (χ3v) is 1.80. The van der Waals surface area contributed by atoms with Gasteiger partial charge in [0.2, 0.25) is 0 Å². The summed E-state index contributed by atoms with van der Waals surface area (Å²) >= 11 is 0. The van der Waals surface area contributed by atoms with E-state index in [0.29, 0.717) is 0 Å². The fourth-order valence-corrected chi connectivity index (χ4v) is 1.18. The summed E-state index contributed by atoms with van der Waals surface area (Å²) in [6.45, 7) is 3.73. The minimum Gasteiger partial charge on any atom is -0.398 e. The van der Waals surface area contributed by atoms with Gasteiger partial charge in [-0.2, -0.15) is 0 Å². The summed E-state index contributed by atoms with van der Waals surface area (Å²) in [7, 11) is 3.98. The van der Waals surface area contributed by atoms with Gasteiger partial charge < -0.3 is 10.6 Å². The molecule has 0 saturated heterocycles. The van der Waals surface area contributed by atoms with Crippen molar-refractivity contribution in [3.63, 3.8) is 0 Å². The zero-order chi connectivity index (χ0) is 9.14. The molecule has 0 fully saturated rings. The molecule has 0 unspecified atom stereocenters. The van der Waals surface area contributed by atoms with Crippen LogP contribution in [-0.4, -0.2) is 14.1 Å². The van der Waals surface area contributed by atoms with E-state index in [1.54, 1.807) is 6.08 Å². The Hall–Kier alpha value is -1.44. The first kappa shape index (κ1) is 8.65. The zero-order valence-electron chi connectivity index (χ0n) is 7.54. The Morgan fingerprint density at radius 1 is 1.42 bits per heavy atom. The molecule has 0 spiro atoms. The van der Waals surface area contributed by atoms with Crippen LogP contribution in [0.5, 0.6) is 0 Å². The summed E-state index contributed by atoms with van der Waals surface area (Å²) in [4.78, 5) is 2.02. The van der Waals surface area contributed by atoms with E-state index in [1.165, 1.54) is 0 Å². The topological polar surface area (TPSA) is 29.3 Å².